The van der Waals surface area contributed by atoms with E-state index in [0.717, 1.165) is 39.7 Å². The summed E-state index contributed by atoms with van der Waals surface area (Å²) in [6, 6.07) is 75.7. The van der Waals surface area contributed by atoms with Crippen LogP contribution in [0.25, 0.3) is 54.9 Å². The molecule has 0 amide bonds. The first kappa shape index (κ1) is 38.9. The van der Waals surface area contributed by atoms with Gasteiger partial charge in [0, 0.05) is 45.0 Å². The van der Waals surface area contributed by atoms with Crippen LogP contribution in [0.5, 0.6) is 0 Å². The van der Waals surface area contributed by atoms with Crippen LogP contribution in [0.2, 0.25) is 0 Å². The monoisotopic (exact) mass is 838 g/mol. The number of rotatable bonds is 7. The first-order valence-corrected chi connectivity index (χ1v) is 22.6. The molecular weight excluding hydrogens is 792 g/mol. The molecule has 2 nitrogen and oxygen atoms in total. The topological polar surface area (TPSA) is 6.48 Å². The van der Waals surface area contributed by atoms with Crippen molar-refractivity contribution >= 4 is 55.7 Å². The van der Waals surface area contributed by atoms with E-state index in [2.05, 4.69) is 226 Å². The Balaban J connectivity index is 0.952. The second kappa shape index (κ2) is 14.7. The van der Waals surface area contributed by atoms with Crippen LogP contribution in [0.4, 0.5) is 38.5 Å². The predicted octanol–water partition coefficient (Wildman–Crippen LogP) is 17.4. The summed E-state index contributed by atoms with van der Waals surface area (Å²) in [7, 11) is 0. The zero-order chi connectivity index (χ0) is 44.0. The molecular formula is C62H47FN2. The van der Waals surface area contributed by atoms with Crippen molar-refractivity contribution in [3.8, 4) is 33.4 Å². The Bertz CT molecular complexity index is 3490. The van der Waals surface area contributed by atoms with Crippen LogP contribution in [-0.2, 0) is 10.8 Å². The van der Waals surface area contributed by atoms with Gasteiger partial charge in [-0.15, -0.1) is 0 Å². The summed E-state index contributed by atoms with van der Waals surface area (Å²) in [6.45, 7) is 9.37. The Labute approximate surface area is 380 Å². The molecule has 0 bridgehead atoms. The van der Waals surface area contributed by atoms with Gasteiger partial charge in [0.05, 0.1) is 0 Å². The van der Waals surface area contributed by atoms with E-state index in [1.54, 1.807) is 12.1 Å². The number of nitrogens with zero attached hydrogens (tertiary/aromatic N) is 2. The first-order chi connectivity index (χ1) is 31.6. The number of halogens is 1. The Morgan fingerprint density at radius 1 is 0.323 bits per heavy atom. The van der Waals surface area contributed by atoms with Crippen molar-refractivity contribution in [2.75, 3.05) is 9.80 Å². The average molecular weight is 839 g/mol. The van der Waals surface area contributed by atoms with E-state index in [9.17, 15) is 4.39 Å². The molecule has 2 aliphatic rings. The van der Waals surface area contributed by atoms with Crippen molar-refractivity contribution in [1.82, 2.24) is 0 Å². The number of para-hydroxylation sites is 1. The normalized spacial score (nSPS) is 13.9. The highest BCUT2D eigenvalue weighted by Gasteiger charge is 2.39. The molecule has 10 aromatic carbocycles. The molecule has 0 heterocycles. The highest BCUT2D eigenvalue weighted by Crippen LogP contribution is 2.55. The molecule has 0 aliphatic heterocycles. The van der Waals surface area contributed by atoms with Crippen molar-refractivity contribution in [3.05, 3.63) is 240 Å². The van der Waals surface area contributed by atoms with Crippen LogP contribution in [0.1, 0.15) is 49.9 Å². The molecule has 0 atom stereocenters. The maximum Gasteiger partial charge on any atom is 0.123 e. The summed E-state index contributed by atoms with van der Waals surface area (Å²) in [4.78, 5) is 4.63. The number of hydrogen-bond acceptors (Lipinski definition) is 2. The zero-order valence-corrected chi connectivity index (χ0v) is 37.0. The maximum absolute atomic E-state index is 14.4. The van der Waals surface area contributed by atoms with Crippen molar-refractivity contribution in [2.45, 2.75) is 38.5 Å². The first-order valence-electron chi connectivity index (χ1n) is 22.6. The van der Waals surface area contributed by atoms with E-state index in [-0.39, 0.29) is 16.6 Å². The van der Waals surface area contributed by atoms with Gasteiger partial charge in [0.15, 0.2) is 0 Å². The van der Waals surface area contributed by atoms with E-state index in [0.29, 0.717) is 0 Å². The van der Waals surface area contributed by atoms with Gasteiger partial charge in [0.25, 0.3) is 0 Å². The SMILES string of the molecule is CC1(C)c2ccccc2-c2ccc(N(c3ccc(F)cc3)c3ccc(-c4cc5c(c6ccccc46)-c4ccc(N(c6ccccc6)c6ccc7ccccc7c6)cc4C5(C)C)cc3)cc21. The minimum atomic E-state index is -0.272. The molecule has 12 rings (SSSR count). The van der Waals surface area contributed by atoms with Crippen LogP contribution in [0.15, 0.2) is 212 Å². The van der Waals surface area contributed by atoms with Crippen molar-refractivity contribution in [3.63, 3.8) is 0 Å². The Morgan fingerprint density at radius 3 is 1.55 bits per heavy atom. The fourth-order valence-corrected chi connectivity index (χ4v) is 10.9. The molecule has 0 fully saturated rings. The Kier molecular flexibility index (Phi) is 8.77. The molecule has 0 unspecified atom stereocenters. The van der Waals surface area contributed by atoms with Crippen LogP contribution in [0, 0.1) is 5.82 Å². The Morgan fingerprint density at radius 2 is 0.815 bits per heavy atom. The van der Waals surface area contributed by atoms with E-state index in [1.165, 1.54) is 71.6 Å². The van der Waals surface area contributed by atoms with Gasteiger partial charge in [0.2, 0.25) is 0 Å². The molecule has 0 N–H and O–H groups in total. The molecule has 10 aromatic rings. The van der Waals surface area contributed by atoms with Crippen LogP contribution < -0.4 is 9.80 Å². The lowest BCUT2D eigenvalue weighted by atomic mass is 9.80. The zero-order valence-electron chi connectivity index (χ0n) is 37.0. The smallest absolute Gasteiger partial charge is 0.123 e. The van der Waals surface area contributed by atoms with Gasteiger partial charge in [-0.05, 0) is 168 Å². The number of hydrogen-bond donors (Lipinski definition) is 0. The molecule has 3 heteroatoms. The fourth-order valence-electron chi connectivity index (χ4n) is 10.9. The van der Waals surface area contributed by atoms with Gasteiger partial charge in [0.1, 0.15) is 5.82 Å². The van der Waals surface area contributed by atoms with Crippen LogP contribution in [-0.4, -0.2) is 0 Å². The van der Waals surface area contributed by atoms with E-state index in [4.69, 9.17) is 0 Å². The summed E-state index contributed by atoms with van der Waals surface area (Å²) in [5, 5.41) is 4.93. The highest BCUT2D eigenvalue weighted by atomic mass is 19.1. The van der Waals surface area contributed by atoms with Crippen molar-refractivity contribution in [2.24, 2.45) is 0 Å². The standard InChI is InChI=1S/C62H47FN2/c1-61(2)56-21-13-12-19-51(56)52-34-32-48(37-57(52)61)64(46-30-25-43(63)26-31-46)45-27-23-41(24-28-45)55-39-59-60(53-20-11-10-18-50(53)55)54-35-33-49(38-58(54)62(59,3)4)65(44-16-6-5-7-17-44)47-29-22-40-14-8-9-15-42(40)36-47/h5-39H,1-4H3. The maximum atomic E-state index is 14.4. The van der Waals surface area contributed by atoms with Crippen molar-refractivity contribution in [1.29, 1.82) is 0 Å². The molecule has 0 saturated heterocycles. The van der Waals surface area contributed by atoms with Gasteiger partial charge in [-0.2, -0.15) is 0 Å². The third-order valence-electron chi connectivity index (χ3n) is 14.3. The van der Waals surface area contributed by atoms with E-state index in [1.807, 2.05) is 12.1 Å². The molecule has 312 valence electrons. The molecule has 0 spiro atoms. The molecule has 0 saturated carbocycles. The molecule has 0 radical (unpaired) electrons. The third kappa shape index (κ3) is 6.14. The summed E-state index contributed by atoms with van der Waals surface area (Å²) < 4.78 is 14.4. The van der Waals surface area contributed by atoms with Crippen LogP contribution >= 0.6 is 0 Å². The summed E-state index contributed by atoms with van der Waals surface area (Å²) in [6.07, 6.45) is 0. The summed E-state index contributed by atoms with van der Waals surface area (Å²) in [5.74, 6) is -0.252. The molecule has 0 aromatic heterocycles. The Hall–Kier alpha value is -7.75. The number of anilines is 6. The highest BCUT2D eigenvalue weighted by molar-refractivity contribution is 6.09. The lowest BCUT2D eigenvalue weighted by Gasteiger charge is -2.28. The van der Waals surface area contributed by atoms with E-state index >= 15 is 0 Å². The van der Waals surface area contributed by atoms with Gasteiger partial charge in [-0.25, -0.2) is 4.39 Å². The molecule has 2 aliphatic carbocycles. The minimum absolute atomic E-state index is 0.150. The summed E-state index contributed by atoms with van der Waals surface area (Å²) in [5.41, 5.74) is 18.7. The second-order valence-corrected chi connectivity index (χ2v) is 18.7. The molecule has 65 heavy (non-hydrogen) atoms. The minimum Gasteiger partial charge on any atom is -0.310 e. The third-order valence-corrected chi connectivity index (χ3v) is 14.3. The second-order valence-electron chi connectivity index (χ2n) is 18.7. The van der Waals surface area contributed by atoms with Gasteiger partial charge in [-0.1, -0.05) is 149 Å². The lowest BCUT2D eigenvalue weighted by molar-refractivity contribution is 0.628. The predicted molar refractivity (Wildman–Crippen MR) is 271 cm³/mol. The largest absolute Gasteiger partial charge is 0.310 e. The van der Waals surface area contributed by atoms with Crippen LogP contribution in [0.3, 0.4) is 0 Å². The summed E-state index contributed by atoms with van der Waals surface area (Å²) >= 11 is 0. The number of fused-ring (bicyclic) bond motifs is 9. The van der Waals surface area contributed by atoms with Gasteiger partial charge in [-0.3, -0.25) is 0 Å². The fraction of sp³-hybridized carbons (Fsp3) is 0.0968. The van der Waals surface area contributed by atoms with E-state index < -0.39 is 0 Å². The average Bonchev–Trinajstić information content (AvgIpc) is 3.71. The lowest BCUT2D eigenvalue weighted by Crippen LogP contribution is -2.17. The van der Waals surface area contributed by atoms with Crippen molar-refractivity contribution < 1.29 is 4.39 Å². The number of benzene rings is 10. The van der Waals surface area contributed by atoms with Gasteiger partial charge < -0.3 is 9.80 Å². The van der Waals surface area contributed by atoms with Gasteiger partial charge >= 0.3 is 0 Å². The quantitative estimate of drug-likeness (QED) is 0.158.